The summed E-state index contributed by atoms with van der Waals surface area (Å²) in [5, 5.41) is 2.10. The van der Waals surface area contributed by atoms with E-state index in [4.69, 9.17) is 16.4 Å². The van der Waals surface area contributed by atoms with Gasteiger partial charge in [0.2, 0.25) is 0 Å². The third kappa shape index (κ3) is 1.92. The van der Waals surface area contributed by atoms with E-state index in [2.05, 4.69) is 0 Å². The minimum absolute atomic E-state index is 0.312. The predicted octanol–water partition coefficient (Wildman–Crippen LogP) is 2.48. The molecule has 1 heterocycles. The van der Waals surface area contributed by atoms with E-state index in [-0.39, 0.29) is 5.82 Å². The fourth-order valence-corrected chi connectivity index (χ4v) is 1.27. The summed E-state index contributed by atoms with van der Waals surface area (Å²) in [5.74, 6) is 0.170. The average molecular weight is 202 g/mol. The van der Waals surface area contributed by atoms with Crippen LogP contribution in [0.15, 0.2) is 18.2 Å². The molecule has 1 aromatic carbocycles. The van der Waals surface area contributed by atoms with Gasteiger partial charge in [-0.3, -0.25) is 0 Å². The van der Waals surface area contributed by atoms with Crippen LogP contribution in [-0.4, -0.2) is 18.2 Å². The Labute approximate surface area is 80.8 Å². The van der Waals surface area contributed by atoms with Crippen molar-refractivity contribution in [2.75, 3.05) is 13.1 Å². The summed E-state index contributed by atoms with van der Waals surface area (Å²) in [6.45, 7) is 1.82. The first kappa shape index (κ1) is 8.78. The number of hydrogen-bond acceptors (Lipinski definition) is 2. The summed E-state index contributed by atoms with van der Waals surface area (Å²) < 4.78 is 12.6. The van der Waals surface area contributed by atoms with Crippen LogP contribution >= 0.6 is 11.6 Å². The van der Waals surface area contributed by atoms with Crippen LogP contribution in [0.25, 0.3) is 0 Å². The predicted molar refractivity (Wildman–Crippen MR) is 48.2 cm³/mol. The lowest BCUT2D eigenvalue weighted by molar-refractivity contribution is -0.107. The minimum Gasteiger partial charge on any atom is -0.404 e. The van der Waals surface area contributed by atoms with Gasteiger partial charge in [-0.1, -0.05) is 11.6 Å². The molecule has 0 atom stereocenters. The molecule has 1 fully saturated rings. The van der Waals surface area contributed by atoms with Crippen LogP contribution in [-0.2, 0) is 0 Å². The molecular formula is C9H9ClFNO. The topological polar surface area (TPSA) is 12.5 Å². The van der Waals surface area contributed by atoms with E-state index in [1.807, 2.05) is 0 Å². The monoisotopic (exact) mass is 201 g/mol. The van der Waals surface area contributed by atoms with Crippen molar-refractivity contribution in [3.05, 3.63) is 29.0 Å². The summed E-state index contributed by atoms with van der Waals surface area (Å²) in [6.07, 6.45) is 1.14. The first-order valence-electron chi connectivity index (χ1n) is 4.14. The van der Waals surface area contributed by atoms with Gasteiger partial charge in [0.05, 0.1) is 5.02 Å². The molecule has 0 radical (unpaired) electrons. The highest BCUT2D eigenvalue weighted by Crippen LogP contribution is 2.26. The van der Waals surface area contributed by atoms with Gasteiger partial charge in [-0.15, -0.1) is 5.06 Å². The van der Waals surface area contributed by atoms with Gasteiger partial charge in [-0.05, 0) is 24.6 Å². The fraction of sp³-hybridized carbons (Fsp3) is 0.333. The third-order valence-electron chi connectivity index (χ3n) is 1.94. The van der Waals surface area contributed by atoms with Crippen molar-refractivity contribution in [3.8, 4) is 5.75 Å². The lowest BCUT2D eigenvalue weighted by Crippen LogP contribution is -2.39. The van der Waals surface area contributed by atoms with E-state index in [1.165, 1.54) is 18.2 Å². The number of benzene rings is 1. The molecule has 2 rings (SSSR count). The highest BCUT2D eigenvalue weighted by atomic mass is 35.5. The summed E-state index contributed by atoms with van der Waals surface area (Å²) in [7, 11) is 0. The number of hydrogen-bond donors (Lipinski definition) is 0. The smallest absolute Gasteiger partial charge is 0.166 e. The van der Waals surface area contributed by atoms with Crippen molar-refractivity contribution in [2.24, 2.45) is 0 Å². The van der Waals surface area contributed by atoms with Gasteiger partial charge in [-0.2, -0.15) is 0 Å². The molecule has 0 saturated carbocycles. The van der Waals surface area contributed by atoms with Crippen LogP contribution in [0.2, 0.25) is 5.02 Å². The number of halogens is 2. The third-order valence-corrected chi connectivity index (χ3v) is 2.23. The number of nitrogens with zero attached hydrogens (tertiary/aromatic N) is 1. The van der Waals surface area contributed by atoms with Crippen LogP contribution in [0, 0.1) is 5.82 Å². The molecule has 0 aliphatic carbocycles. The van der Waals surface area contributed by atoms with Crippen LogP contribution in [0.3, 0.4) is 0 Å². The van der Waals surface area contributed by atoms with E-state index in [0.29, 0.717) is 10.8 Å². The number of rotatable bonds is 2. The van der Waals surface area contributed by atoms with E-state index in [0.717, 1.165) is 19.5 Å². The Kier molecular flexibility index (Phi) is 2.38. The lowest BCUT2D eigenvalue weighted by atomic mass is 10.3. The Morgan fingerprint density at radius 1 is 1.38 bits per heavy atom. The Balaban J connectivity index is 2.10. The summed E-state index contributed by atoms with van der Waals surface area (Å²) in [5.41, 5.74) is 0. The Hall–Kier alpha value is -0.800. The van der Waals surface area contributed by atoms with Gasteiger partial charge < -0.3 is 4.84 Å². The normalized spacial score (nSPS) is 16.8. The van der Waals surface area contributed by atoms with E-state index >= 15 is 0 Å². The maximum atomic E-state index is 12.6. The first-order valence-corrected chi connectivity index (χ1v) is 4.51. The lowest BCUT2D eigenvalue weighted by Gasteiger charge is -2.29. The van der Waals surface area contributed by atoms with Crippen molar-refractivity contribution in [2.45, 2.75) is 6.42 Å². The van der Waals surface area contributed by atoms with Gasteiger partial charge in [0.15, 0.2) is 5.75 Å². The molecule has 0 spiro atoms. The van der Waals surface area contributed by atoms with Crippen LogP contribution in [0.4, 0.5) is 4.39 Å². The molecule has 0 unspecified atom stereocenters. The molecule has 4 heteroatoms. The van der Waals surface area contributed by atoms with Crippen molar-refractivity contribution in [3.63, 3.8) is 0 Å². The zero-order chi connectivity index (χ0) is 9.26. The Morgan fingerprint density at radius 3 is 2.69 bits per heavy atom. The van der Waals surface area contributed by atoms with Crippen LogP contribution < -0.4 is 4.84 Å². The van der Waals surface area contributed by atoms with Gasteiger partial charge >= 0.3 is 0 Å². The summed E-state index contributed by atoms with van der Waals surface area (Å²) in [6, 6.07) is 4.12. The summed E-state index contributed by atoms with van der Waals surface area (Å²) in [4.78, 5) is 5.37. The quantitative estimate of drug-likeness (QED) is 0.729. The zero-order valence-corrected chi connectivity index (χ0v) is 7.72. The minimum atomic E-state index is -0.346. The molecule has 70 valence electrons. The molecule has 1 aromatic rings. The van der Waals surface area contributed by atoms with Crippen molar-refractivity contribution in [1.82, 2.24) is 5.06 Å². The SMILES string of the molecule is Fc1ccc(ON2CCC2)c(Cl)c1. The molecule has 0 bridgehead atoms. The highest BCUT2D eigenvalue weighted by Gasteiger charge is 2.16. The van der Waals surface area contributed by atoms with Gasteiger partial charge in [-0.25, -0.2) is 4.39 Å². The maximum Gasteiger partial charge on any atom is 0.166 e. The number of hydroxylamine groups is 2. The standard InChI is InChI=1S/C9H9ClFNO/c10-8-6-7(11)2-3-9(8)13-12-4-1-5-12/h2-3,6H,1,4-5H2. The molecule has 13 heavy (non-hydrogen) atoms. The van der Waals surface area contributed by atoms with Crippen molar-refractivity contribution < 1.29 is 9.23 Å². The van der Waals surface area contributed by atoms with Gasteiger partial charge in [0.1, 0.15) is 5.82 Å². The van der Waals surface area contributed by atoms with Crippen LogP contribution in [0.1, 0.15) is 6.42 Å². The highest BCUT2D eigenvalue weighted by molar-refractivity contribution is 6.32. The molecule has 1 aliphatic heterocycles. The molecule has 1 aliphatic rings. The zero-order valence-electron chi connectivity index (χ0n) is 6.96. The molecule has 0 aromatic heterocycles. The van der Waals surface area contributed by atoms with Gasteiger partial charge in [0.25, 0.3) is 0 Å². The summed E-state index contributed by atoms with van der Waals surface area (Å²) >= 11 is 5.76. The van der Waals surface area contributed by atoms with Crippen LogP contribution in [0.5, 0.6) is 5.75 Å². The largest absolute Gasteiger partial charge is 0.404 e. The van der Waals surface area contributed by atoms with E-state index < -0.39 is 0 Å². The first-order chi connectivity index (χ1) is 6.25. The Morgan fingerprint density at radius 2 is 2.15 bits per heavy atom. The molecule has 0 N–H and O–H groups in total. The Bertz CT molecular complexity index is 314. The molecule has 1 saturated heterocycles. The van der Waals surface area contributed by atoms with Crippen molar-refractivity contribution >= 4 is 11.6 Å². The van der Waals surface area contributed by atoms with Gasteiger partial charge in [0, 0.05) is 13.1 Å². The van der Waals surface area contributed by atoms with Crippen molar-refractivity contribution in [1.29, 1.82) is 0 Å². The average Bonchev–Trinajstić information content (AvgIpc) is 1.99. The fourth-order valence-electron chi connectivity index (χ4n) is 1.07. The second-order valence-corrected chi connectivity index (χ2v) is 3.36. The molecule has 0 amide bonds. The van der Waals surface area contributed by atoms with E-state index in [1.54, 1.807) is 5.06 Å². The second kappa shape index (κ2) is 3.52. The second-order valence-electron chi connectivity index (χ2n) is 2.95. The molecular weight excluding hydrogens is 193 g/mol. The molecule has 2 nitrogen and oxygen atoms in total. The van der Waals surface area contributed by atoms with E-state index in [9.17, 15) is 4.39 Å². The maximum absolute atomic E-state index is 12.6.